The SMILES string of the molecule is CC(C)Oc1ccccc1Nc1ccc(C(=O)N2CCc3ccccc32)nn1. The first-order chi connectivity index (χ1) is 13.6. The smallest absolute Gasteiger partial charge is 0.278 e. The molecule has 2 heterocycles. The van der Waals surface area contributed by atoms with Crippen LogP contribution in [0, 0.1) is 0 Å². The van der Waals surface area contributed by atoms with Crippen molar-refractivity contribution in [1.29, 1.82) is 0 Å². The van der Waals surface area contributed by atoms with Gasteiger partial charge in [-0.15, -0.1) is 10.2 Å². The van der Waals surface area contributed by atoms with Crippen molar-refractivity contribution in [2.24, 2.45) is 0 Å². The number of benzene rings is 2. The molecule has 0 saturated carbocycles. The molecule has 6 nitrogen and oxygen atoms in total. The number of carbonyl (C=O) groups is 1. The number of para-hydroxylation sites is 3. The predicted octanol–water partition coefficient (Wildman–Crippen LogP) is 4.21. The number of nitrogens with zero attached hydrogens (tertiary/aromatic N) is 3. The maximum Gasteiger partial charge on any atom is 0.278 e. The van der Waals surface area contributed by atoms with E-state index in [-0.39, 0.29) is 12.0 Å². The maximum atomic E-state index is 12.8. The van der Waals surface area contributed by atoms with E-state index in [1.165, 1.54) is 5.56 Å². The zero-order valence-electron chi connectivity index (χ0n) is 15.9. The van der Waals surface area contributed by atoms with E-state index in [1.54, 1.807) is 17.0 Å². The molecule has 1 N–H and O–H groups in total. The first-order valence-electron chi connectivity index (χ1n) is 9.38. The molecule has 0 saturated heterocycles. The van der Waals surface area contributed by atoms with Crippen molar-refractivity contribution in [1.82, 2.24) is 10.2 Å². The number of hydrogen-bond donors (Lipinski definition) is 1. The van der Waals surface area contributed by atoms with Crippen molar-refractivity contribution in [3.63, 3.8) is 0 Å². The van der Waals surface area contributed by atoms with Gasteiger partial charge in [-0.25, -0.2) is 0 Å². The number of aromatic nitrogens is 2. The van der Waals surface area contributed by atoms with Gasteiger partial charge in [0.05, 0.1) is 11.8 Å². The molecular weight excluding hydrogens is 352 g/mol. The molecule has 0 radical (unpaired) electrons. The summed E-state index contributed by atoms with van der Waals surface area (Å²) < 4.78 is 5.81. The number of amides is 1. The van der Waals surface area contributed by atoms with Gasteiger partial charge in [0.15, 0.2) is 11.5 Å². The number of rotatable bonds is 5. The fraction of sp³-hybridized carbons (Fsp3) is 0.227. The third kappa shape index (κ3) is 3.67. The van der Waals surface area contributed by atoms with Gasteiger partial charge in [-0.2, -0.15) is 0 Å². The lowest BCUT2D eigenvalue weighted by Gasteiger charge is -2.17. The number of hydrogen-bond acceptors (Lipinski definition) is 5. The molecule has 6 heteroatoms. The van der Waals surface area contributed by atoms with Crippen molar-refractivity contribution in [3.05, 3.63) is 71.9 Å². The molecule has 142 valence electrons. The fourth-order valence-corrected chi connectivity index (χ4v) is 3.27. The highest BCUT2D eigenvalue weighted by atomic mass is 16.5. The molecule has 0 aliphatic carbocycles. The first-order valence-corrected chi connectivity index (χ1v) is 9.38. The molecule has 1 aliphatic heterocycles. The Morgan fingerprint density at radius 1 is 1.04 bits per heavy atom. The summed E-state index contributed by atoms with van der Waals surface area (Å²) in [5.74, 6) is 1.17. The summed E-state index contributed by atoms with van der Waals surface area (Å²) >= 11 is 0. The Labute approximate surface area is 164 Å². The number of anilines is 3. The average Bonchev–Trinajstić information content (AvgIpc) is 3.13. The van der Waals surface area contributed by atoms with Crippen LogP contribution in [0.25, 0.3) is 0 Å². The van der Waals surface area contributed by atoms with Gasteiger partial charge in [0.1, 0.15) is 5.75 Å². The Morgan fingerprint density at radius 2 is 1.82 bits per heavy atom. The van der Waals surface area contributed by atoms with Gasteiger partial charge < -0.3 is 15.0 Å². The monoisotopic (exact) mass is 374 g/mol. The van der Waals surface area contributed by atoms with Crippen molar-refractivity contribution >= 4 is 23.1 Å². The lowest BCUT2D eigenvalue weighted by atomic mass is 10.2. The van der Waals surface area contributed by atoms with Crippen LogP contribution in [0.1, 0.15) is 29.9 Å². The van der Waals surface area contributed by atoms with Crippen LogP contribution < -0.4 is 15.0 Å². The first kappa shape index (κ1) is 18.0. The molecular formula is C22H22N4O2. The van der Waals surface area contributed by atoms with E-state index < -0.39 is 0 Å². The molecule has 3 aromatic rings. The normalized spacial score (nSPS) is 12.8. The van der Waals surface area contributed by atoms with E-state index in [9.17, 15) is 4.79 Å². The van der Waals surface area contributed by atoms with Crippen molar-refractivity contribution in [3.8, 4) is 5.75 Å². The van der Waals surface area contributed by atoms with Crippen LogP contribution in [0.4, 0.5) is 17.2 Å². The summed E-state index contributed by atoms with van der Waals surface area (Å²) in [6.07, 6.45) is 0.930. The molecule has 1 aliphatic rings. The molecule has 2 aromatic carbocycles. The van der Waals surface area contributed by atoms with E-state index in [2.05, 4.69) is 21.6 Å². The Morgan fingerprint density at radius 3 is 2.61 bits per heavy atom. The summed E-state index contributed by atoms with van der Waals surface area (Å²) in [6.45, 7) is 4.63. The zero-order valence-corrected chi connectivity index (χ0v) is 15.9. The van der Waals surface area contributed by atoms with Crippen molar-refractivity contribution < 1.29 is 9.53 Å². The molecule has 0 fully saturated rings. The van der Waals surface area contributed by atoms with Crippen molar-refractivity contribution in [2.45, 2.75) is 26.4 Å². The van der Waals surface area contributed by atoms with Crippen LogP contribution in [0.2, 0.25) is 0 Å². The highest BCUT2D eigenvalue weighted by Gasteiger charge is 2.26. The molecule has 0 bridgehead atoms. The van der Waals surface area contributed by atoms with E-state index in [0.29, 0.717) is 18.1 Å². The highest BCUT2D eigenvalue weighted by Crippen LogP contribution is 2.29. The molecule has 0 unspecified atom stereocenters. The van der Waals surface area contributed by atoms with Gasteiger partial charge in [-0.3, -0.25) is 4.79 Å². The van der Waals surface area contributed by atoms with Gasteiger partial charge in [-0.1, -0.05) is 30.3 Å². The minimum absolute atomic E-state index is 0.0670. The highest BCUT2D eigenvalue weighted by molar-refractivity contribution is 6.06. The number of carbonyl (C=O) groups excluding carboxylic acids is 1. The standard InChI is InChI=1S/C22H22N4O2/c1-15(2)28-20-10-6-4-8-17(20)23-21-12-11-18(24-25-21)22(27)26-14-13-16-7-3-5-9-19(16)26/h3-12,15H,13-14H2,1-2H3,(H,23,25). The Kier molecular flexibility index (Phi) is 4.93. The maximum absolute atomic E-state index is 12.8. The minimum atomic E-state index is -0.132. The largest absolute Gasteiger partial charge is 0.489 e. The van der Waals surface area contributed by atoms with Gasteiger partial charge in [-0.05, 0) is 56.2 Å². The van der Waals surface area contributed by atoms with E-state index in [0.717, 1.165) is 23.5 Å². The Balaban J connectivity index is 1.50. The molecule has 4 rings (SSSR count). The summed E-state index contributed by atoms with van der Waals surface area (Å²) in [7, 11) is 0. The van der Waals surface area contributed by atoms with Crippen LogP contribution >= 0.6 is 0 Å². The lowest BCUT2D eigenvalue weighted by molar-refractivity contribution is 0.0983. The van der Waals surface area contributed by atoms with E-state index in [1.807, 2.05) is 56.3 Å². The minimum Gasteiger partial charge on any atom is -0.489 e. The summed E-state index contributed by atoms with van der Waals surface area (Å²) in [4.78, 5) is 14.6. The van der Waals surface area contributed by atoms with Gasteiger partial charge in [0.25, 0.3) is 5.91 Å². The zero-order chi connectivity index (χ0) is 19.5. The van der Waals surface area contributed by atoms with Crippen LogP contribution in [0.5, 0.6) is 5.75 Å². The summed E-state index contributed by atoms with van der Waals surface area (Å²) in [6, 6.07) is 19.1. The Hall–Kier alpha value is -3.41. The van der Waals surface area contributed by atoms with E-state index in [4.69, 9.17) is 4.74 Å². The molecule has 0 spiro atoms. The van der Waals surface area contributed by atoms with Gasteiger partial charge >= 0.3 is 0 Å². The second kappa shape index (κ2) is 7.68. The van der Waals surface area contributed by atoms with Crippen molar-refractivity contribution in [2.75, 3.05) is 16.8 Å². The third-order valence-electron chi connectivity index (χ3n) is 4.53. The lowest BCUT2D eigenvalue weighted by Crippen LogP contribution is -2.29. The third-order valence-corrected chi connectivity index (χ3v) is 4.53. The van der Waals surface area contributed by atoms with E-state index >= 15 is 0 Å². The predicted molar refractivity (Wildman–Crippen MR) is 109 cm³/mol. The second-order valence-corrected chi connectivity index (χ2v) is 6.93. The van der Waals surface area contributed by atoms with Gasteiger partial charge in [0, 0.05) is 12.2 Å². The number of nitrogens with one attached hydrogen (secondary N) is 1. The molecule has 0 atom stereocenters. The quantitative estimate of drug-likeness (QED) is 0.725. The van der Waals surface area contributed by atoms with Crippen LogP contribution in [-0.4, -0.2) is 28.8 Å². The van der Waals surface area contributed by atoms with Crippen LogP contribution in [-0.2, 0) is 6.42 Å². The average molecular weight is 374 g/mol. The number of fused-ring (bicyclic) bond motifs is 1. The molecule has 1 amide bonds. The summed E-state index contributed by atoms with van der Waals surface area (Å²) in [5.41, 5.74) is 3.27. The fourth-order valence-electron chi connectivity index (χ4n) is 3.27. The molecule has 28 heavy (non-hydrogen) atoms. The molecule has 1 aromatic heterocycles. The van der Waals surface area contributed by atoms with Crippen LogP contribution in [0.3, 0.4) is 0 Å². The Bertz CT molecular complexity index is 986. The number of ether oxygens (including phenoxy) is 1. The van der Waals surface area contributed by atoms with Crippen LogP contribution in [0.15, 0.2) is 60.7 Å². The van der Waals surface area contributed by atoms with Gasteiger partial charge in [0.2, 0.25) is 0 Å². The second-order valence-electron chi connectivity index (χ2n) is 6.93. The summed E-state index contributed by atoms with van der Waals surface area (Å²) in [5, 5.41) is 11.5. The topological polar surface area (TPSA) is 67.3 Å².